The highest BCUT2D eigenvalue weighted by Crippen LogP contribution is 2.33. The van der Waals surface area contributed by atoms with E-state index in [4.69, 9.17) is 0 Å². The van der Waals surface area contributed by atoms with Crippen LogP contribution in [0.25, 0.3) is 0 Å². The lowest BCUT2D eigenvalue weighted by atomic mass is 9.92. The maximum absolute atomic E-state index is 4.61. The number of rotatable bonds is 2. The van der Waals surface area contributed by atoms with Crippen molar-refractivity contribution in [3.05, 3.63) is 16.1 Å². The van der Waals surface area contributed by atoms with Crippen LogP contribution in [0.2, 0.25) is 0 Å². The number of piperazine rings is 1. The first kappa shape index (κ1) is 12.6. The van der Waals surface area contributed by atoms with Gasteiger partial charge in [0.2, 0.25) is 0 Å². The van der Waals surface area contributed by atoms with Gasteiger partial charge in [-0.2, -0.15) is 0 Å². The van der Waals surface area contributed by atoms with Gasteiger partial charge in [-0.05, 0) is 26.7 Å². The molecular weight excluding hydrogens is 242 g/mol. The molecule has 1 atom stereocenters. The molecule has 1 unspecified atom stereocenters. The number of nitrogens with zero attached hydrogens (tertiary/aromatic N) is 2. The number of hydrogen-bond donors (Lipinski definition) is 1. The first-order chi connectivity index (χ1) is 8.67. The van der Waals surface area contributed by atoms with E-state index in [1.165, 1.54) is 42.9 Å². The van der Waals surface area contributed by atoms with Crippen LogP contribution in [0.4, 0.5) is 0 Å². The number of aromatic nitrogens is 1. The largest absolute Gasteiger partial charge is 0.308 e. The second-order valence-corrected chi connectivity index (χ2v) is 7.04. The Balaban J connectivity index is 1.69. The second-order valence-electron chi connectivity index (χ2n) is 5.98. The fraction of sp³-hybridized carbons (Fsp3) is 0.786. The van der Waals surface area contributed by atoms with E-state index in [2.05, 4.69) is 34.4 Å². The molecule has 4 heteroatoms. The molecule has 0 bridgehead atoms. The second kappa shape index (κ2) is 4.91. The van der Waals surface area contributed by atoms with Crippen molar-refractivity contribution >= 4 is 11.3 Å². The number of hydrogen-bond acceptors (Lipinski definition) is 4. The minimum absolute atomic E-state index is 0.414. The van der Waals surface area contributed by atoms with E-state index in [-0.39, 0.29) is 0 Å². The summed E-state index contributed by atoms with van der Waals surface area (Å²) < 4.78 is 0. The Morgan fingerprint density at radius 2 is 2.28 bits per heavy atom. The minimum atomic E-state index is 0.414. The zero-order chi connectivity index (χ0) is 12.6. The van der Waals surface area contributed by atoms with Gasteiger partial charge in [0, 0.05) is 36.6 Å². The summed E-state index contributed by atoms with van der Waals surface area (Å²) in [7, 11) is 0. The standard InChI is InChI=1S/C14H23N3S/c1-11-7-15-14(5-3-4-6-14)10-17(11)8-13-9-18-12(2)16-13/h9,11,15H,3-8,10H2,1-2H3. The fourth-order valence-corrected chi connectivity index (χ4v) is 3.98. The first-order valence-electron chi connectivity index (χ1n) is 7.07. The van der Waals surface area contributed by atoms with Gasteiger partial charge >= 0.3 is 0 Å². The highest BCUT2D eigenvalue weighted by molar-refractivity contribution is 7.09. The average molecular weight is 265 g/mol. The predicted molar refractivity (Wildman–Crippen MR) is 75.9 cm³/mol. The van der Waals surface area contributed by atoms with Crippen LogP contribution >= 0.6 is 11.3 Å². The molecule has 0 amide bonds. The smallest absolute Gasteiger partial charge is 0.0897 e. The maximum atomic E-state index is 4.61. The van der Waals surface area contributed by atoms with Crippen LogP contribution in [0, 0.1) is 6.92 Å². The molecule has 18 heavy (non-hydrogen) atoms. The van der Waals surface area contributed by atoms with E-state index in [1.54, 1.807) is 11.3 Å². The summed E-state index contributed by atoms with van der Waals surface area (Å²) in [5.74, 6) is 0. The molecule has 2 fully saturated rings. The molecule has 1 aliphatic carbocycles. The van der Waals surface area contributed by atoms with E-state index in [0.717, 1.165) is 13.1 Å². The van der Waals surface area contributed by atoms with Gasteiger partial charge in [0.1, 0.15) is 0 Å². The van der Waals surface area contributed by atoms with Gasteiger partial charge in [-0.3, -0.25) is 4.90 Å². The van der Waals surface area contributed by atoms with Crippen molar-refractivity contribution in [3.8, 4) is 0 Å². The van der Waals surface area contributed by atoms with E-state index < -0.39 is 0 Å². The summed E-state index contributed by atoms with van der Waals surface area (Å²) in [6.07, 6.45) is 5.49. The summed E-state index contributed by atoms with van der Waals surface area (Å²) in [6.45, 7) is 7.77. The van der Waals surface area contributed by atoms with E-state index >= 15 is 0 Å². The van der Waals surface area contributed by atoms with Crippen molar-refractivity contribution in [2.24, 2.45) is 0 Å². The Bertz CT molecular complexity index is 409. The monoisotopic (exact) mass is 265 g/mol. The third-order valence-corrected chi connectivity index (χ3v) is 5.32. The highest BCUT2D eigenvalue weighted by atomic mass is 32.1. The van der Waals surface area contributed by atoms with Gasteiger partial charge in [0.15, 0.2) is 0 Å². The van der Waals surface area contributed by atoms with Crippen molar-refractivity contribution < 1.29 is 0 Å². The van der Waals surface area contributed by atoms with Gasteiger partial charge in [-0.15, -0.1) is 11.3 Å². The van der Waals surface area contributed by atoms with Crippen molar-refractivity contribution in [2.45, 2.75) is 57.7 Å². The quantitative estimate of drug-likeness (QED) is 0.891. The highest BCUT2D eigenvalue weighted by Gasteiger charge is 2.39. The molecular formula is C14H23N3S. The third-order valence-electron chi connectivity index (χ3n) is 4.49. The molecule has 1 aliphatic heterocycles. The number of nitrogens with one attached hydrogen (secondary N) is 1. The lowest BCUT2D eigenvalue weighted by molar-refractivity contribution is 0.0817. The van der Waals surface area contributed by atoms with Crippen LogP contribution in [0.3, 0.4) is 0 Å². The van der Waals surface area contributed by atoms with Crippen LogP contribution in [0.15, 0.2) is 5.38 Å². The number of thiazole rings is 1. The molecule has 0 aromatic carbocycles. The Morgan fingerprint density at radius 3 is 2.94 bits per heavy atom. The lowest BCUT2D eigenvalue weighted by Crippen LogP contribution is -2.62. The maximum Gasteiger partial charge on any atom is 0.0897 e. The molecule has 1 spiro atoms. The molecule has 2 aliphatic rings. The summed E-state index contributed by atoms with van der Waals surface area (Å²) in [5, 5.41) is 7.20. The molecule has 0 radical (unpaired) electrons. The summed E-state index contributed by atoms with van der Waals surface area (Å²) in [5.41, 5.74) is 1.66. The summed E-state index contributed by atoms with van der Waals surface area (Å²) in [4.78, 5) is 7.23. The molecule has 1 aromatic rings. The van der Waals surface area contributed by atoms with E-state index in [1.807, 2.05) is 0 Å². The van der Waals surface area contributed by atoms with Crippen molar-refractivity contribution in [1.82, 2.24) is 15.2 Å². The fourth-order valence-electron chi connectivity index (χ4n) is 3.38. The third kappa shape index (κ3) is 2.46. The molecule has 1 saturated carbocycles. The molecule has 1 aromatic heterocycles. The molecule has 3 rings (SSSR count). The van der Waals surface area contributed by atoms with Crippen molar-refractivity contribution in [2.75, 3.05) is 13.1 Å². The minimum Gasteiger partial charge on any atom is -0.308 e. The SMILES string of the molecule is Cc1nc(CN2CC3(CCCC3)NCC2C)cs1. The Kier molecular flexibility index (Phi) is 3.43. The molecule has 2 heterocycles. The Hall–Kier alpha value is -0.450. The topological polar surface area (TPSA) is 28.2 Å². The Morgan fingerprint density at radius 1 is 1.50 bits per heavy atom. The average Bonchev–Trinajstić information content (AvgIpc) is 2.95. The van der Waals surface area contributed by atoms with E-state index in [9.17, 15) is 0 Å². The molecule has 3 nitrogen and oxygen atoms in total. The van der Waals surface area contributed by atoms with Crippen LogP contribution in [-0.4, -0.2) is 34.6 Å². The zero-order valence-corrected chi connectivity index (χ0v) is 12.2. The molecule has 1 N–H and O–H groups in total. The molecule has 100 valence electrons. The van der Waals surface area contributed by atoms with Crippen LogP contribution in [0.1, 0.15) is 43.3 Å². The van der Waals surface area contributed by atoms with Gasteiger partial charge in [-0.1, -0.05) is 12.8 Å². The van der Waals surface area contributed by atoms with Crippen LogP contribution in [0.5, 0.6) is 0 Å². The summed E-state index contributed by atoms with van der Waals surface area (Å²) in [6, 6.07) is 0.623. The van der Waals surface area contributed by atoms with Crippen LogP contribution in [-0.2, 0) is 6.54 Å². The van der Waals surface area contributed by atoms with Gasteiger partial charge in [-0.25, -0.2) is 4.98 Å². The van der Waals surface area contributed by atoms with Gasteiger partial charge in [0.05, 0.1) is 10.7 Å². The zero-order valence-electron chi connectivity index (χ0n) is 11.4. The van der Waals surface area contributed by atoms with Gasteiger partial charge in [0.25, 0.3) is 0 Å². The Labute approximate surface area is 114 Å². The lowest BCUT2D eigenvalue weighted by Gasteiger charge is -2.45. The van der Waals surface area contributed by atoms with Crippen molar-refractivity contribution in [1.29, 1.82) is 0 Å². The van der Waals surface area contributed by atoms with Crippen LogP contribution < -0.4 is 5.32 Å². The van der Waals surface area contributed by atoms with Gasteiger partial charge < -0.3 is 5.32 Å². The van der Waals surface area contributed by atoms with Crippen molar-refractivity contribution in [3.63, 3.8) is 0 Å². The predicted octanol–water partition coefficient (Wildman–Crippen LogP) is 2.56. The normalized spacial score (nSPS) is 28.0. The first-order valence-corrected chi connectivity index (χ1v) is 7.95. The summed E-state index contributed by atoms with van der Waals surface area (Å²) >= 11 is 1.76. The number of aryl methyl sites for hydroxylation is 1. The van der Waals surface area contributed by atoms with E-state index in [0.29, 0.717) is 11.6 Å². The molecule has 1 saturated heterocycles.